The highest BCUT2D eigenvalue weighted by Gasteiger charge is 2.46. The Labute approximate surface area is 165 Å². The second-order valence-electron chi connectivity index (χ2n) is 6.59. The van der Waals surface area contributed by atoms with Crippen molar-refractivity contribution in [2.45, 2.75) is 0 Å². The Kier molecular flexibility index (Phi) is 3.70. The van der Waals surface area contributed by atoms with Crippen LogP contribution in [0.4, 0.5) is 4.39 Å². The maximum Gasteiger partial charge on any atom is 0.269 e. The van der Waals surface area contributed by atoms with Crippen molar-refractivity contribution in [1.29, 1.82) is 0 Å². The maximum atomic E-state index is 15.6. The summed E-state index contributed by atoms with van der Waals surface area (Å²) in [6.07, 6.45) is 5.05. The first-order chi connectivity index (χ1) is 13.6. The topological polar surface area (TPSA) is 63.3 Å². The van der Waals surface area contributed by atoms with Crippen LogP contribution < -0.4 is 11.2 Å². The van der Waals surface area contributed by atoms with E-state index < -0.39 is 5.82 Å². The molecule has 1 aromatic heterocycles. The van der Waals surface area contributed by atoms with Crippen LogP contribution in [0, 0.1) is 5.82 Å². The fraction of sp³-hybridized carbons (Fsp3) is 0. The van der Waals surface area contributed by atoms with E-state index in [4.69, 9.17) is 18.1 Å². The molecule has 5 nitrogen and oxygen atoms in total. The van der Waals surface area contributed by atoms with E-state index in [1.165, 1.54) is 0 Å². The smallest absolute Gasteiger partial charge is 0.269 e. The van der Waals surface area contributed by atoms with Gasteiger partial charge in [0.25, 0.3) is 5.84 Å². The summed E-state index contributed by atoms with van der Waals surface area (Å²) in [6, 6.07) is 16.9. The van der Waals surface area contributed by atoms with Crippen LogP contribution in [-0.4, -0.2) is 20.4 Å². The first-order valence-electron chi connectivity index (χ1n) is 8.68. The van der Waals surface area contributed by atoms with E-state index in [0.29, 0.717) is 27.6 Å². The number of pyridine rings is 1. The lowest BCUT2D eigenvalue weighted by Gasteiger charge is -2.26. The molecule has 0 bridgehead atoms. The van der Waals surface area contributed by atoms with Gasteiger partial charge in [0.1, 0.15) is 11.7 Å². The van der Waals surface area contributed by atoms with Crippen LogP contribution in [-0.2, 0) is 0 Å². The van der Waals surface area contributed by atoms with E-state index in [1.807, 2.05) is 48.5 Å². The molecule has 0 saturated carbocycles. The van der Waals surface area contributed by atoms with Gasteiger partial charge in [0, 0.05) is 10.9 Å². The van der Waals surface area contributed by atoms with Gasteiger partial charge < -0.3 is 5.32 Å². The molecule has 0 fully saturated rings. The van der Waals surface area contributed by atoms with Crippen molar-refractivity contribution in [2.24, 2.45) is 10.8 Å². The molecule has 136 valence electrons. The van der Waals surface area contributed by atoms with Crippen molar-refractivity contribution in [3.63, 3.8) is 0 Å². The summed E-state index contributed by atoms with van der Waals surface area (Å²) in [7, 11) is 0. The van der Waals surface area contributed by atoms with E-state index in [0.717, 1.165) is 5.56 Å². The van der Waals surface area contributed by atoms with E-state index in [9.17, 15) is 0 Å². The van der Waals surface area contributed by atoms with E-state index >= 15 is 4.39 Å². The Morgan fingerprint density at radius 3 is 2.64 bits per heavy atom. The van der Waals surface area contributed by atoms with Gasteiger partial charge in [-0.1, -0.05) is 54.7 Å². The summed E-state index contributed by atoms with van der Waals surface area (Å²) in [4.78, 5) is 9.29. The molecule has 1 unspecified atom stereocenters. The van der Waals surface area contributed by atoms with Crippen molar-refractivity contribution in [3.05, 3.63) is 90.3 Å². The van der Waals surface area contributed by atoms with Crippen LogP contribution in [0.5, 0.6) is 0 Å². The van der Waals surface area contributed by atoms with Crippen LogP contribution >= 0.6 is 12.2 Å². The zero-order valence-corrected chi connectivity index (χ0v) is 15.4. The monoisotopic (exact) mass is 388 g/mol. The number of thiocarbonyl (C=S) groups is 1. The third-order valence-corrected chi connectivity index (χ3v) is 5.21. The standard InChI is InChI=1S/C21H14FN5S/c22-18-15(20-26-21(28)17-12-24-10-11-27(17,20)23)8-6-14-7-9-16(25-19(14)18)13-4-2-1-3-5-13/h1-12H,23H2/p+1. The van der Waals surface area contributed by atoms with Gasteiger partial charge in [-0.15, -0.1) is 4.59 Å². The third kappa shape index (κ3) is 2.41. The summed E-state index contributed by atoms with van der Waals surface area (Å²) < 4.78 is 15.3. The number of quaternary nitrogens is 1. The van der Waals surface area contributed by atoms with Crippen LogP contribution in [0.2, 0.25) is 0 Å². The molecule has 0 saturated heterocycles. The van der Waals surface area contributed by atoms with E-state index in [2.05, 4.69) is 15.3 Å². The number of benzene rings is 2. The molecule has 3 aromatic rings. The lowest BCUT2D eigenvalue weighted by molar-refractivity contribution is -0.751. The zero-order chi connectivity index (χ0) is 19.3. The SMILES string of the molecule is N[N+]12C=CNC=C1C(=S)N=C2c1ccc2ccc(-c3ccccc3)nc2c1F. The summed E-state index contributed by atoms with van der Waals surface area (Å²) in [6.45, 7) is 0. The van der Waals surface area contributed by atoms with Crippen molar-refractivity contribution >= 4 is 33.9 Å². The fourth-order valence-corrected chi connectivity index (χ4v) is 3.77. The first-order valence-corrected chi connectivity index (χ1v) is 9.09. The van der Waals surface area contributed by atoms with Gasteiger partial charge in [0.15, 0.2) is 10.8 Å². The van der Waals surface area contributed by atoms with Crippen LogP contribution in [0.3, 0.4) is 0 Å². The molecule has 0 spiro atoms. The molecule has 0 amide bonds. The van der Waals surface area contributed by atoms with Crippen molar-refractivity contribution in [2.75, 3.05) is 0 Å². The number of nitrogens with two attached hydrogens (primary N) is 1. The Hall–Kier alpha value is -3.26. The van der Waals surface area contributed by atoms with Gasteiger partial charge in [-0.3, -0.25) is 0 Å². The molecular weight excluding hydrogens is 373 g/mol. The second-order valence-corrected chi connectivity index (χ2v) is 6.98. The number of fused-ring (bicyclic) bond motifs is 2. The molecule has 2 aliphatic rings. The lowest BCUT2D eigenvalue weighted by Crippen LogP contribution is -2.53. The Morgan fingerprint density at radius 1 is 1.04 bits per heavy atom. The minimum Gasteiger partial charge on any atom is -0.358 e. The minimum absolute atomic E-state index is 0.271. The van der Waals surface area contributed by atoms with Gasteiger partial charge in [0.05, 0.1) is 23.7 Å². The number of rotatable bonds is 2. The predicted octanol–water partition coefficient (Wildman–Crippen LogP) is 3.73. The van der Waals surface area contributed by atoms with Gasteiger partial charge >= 0.3 is 0 Å². The highest BCUT2D eigenvalue weighted by atomic mass is 32.1. The molecular formula is C21H15FN5S+. The van der Waals surface area contributed by atoms with Crippen LogP contribution in [0.15, 0.2) is 83.9 Å². The number of halogens is 1. The van der Waals surface area contributed by atoms with Gasteiger partial charge in [-0.05, 0) is 12.1 Å². The predicted molar refractivity (Wildman–Crippen MR) is 111 cm³/mol. The molecule has 3 heterocycles. The number of nitrogens with zero attached hydrogens (tertiary/aromatic N) is 3. The Morgan fingerprint density at radius 2 is 1.82 bits per heavy atom. The van der Waals surface area contributed by atoms with E-state index in [1.54, 1.807) is 24.7 Å². The maximum absolute atomic E-state index is 15.6. The quantitative estimate of drug-likeness (QED) is 0.399. The average Bonchev–Trinajstić information content (AvgIpc) is 2.99. The minimum atomic E-state index is -0.465. The third-order valence-electron chi connectivity index (χ3n) is 4.91. The fourth-order valence-electron chi connectivity index (χ4n) is 3.47. The Balaban J connectivity index is 1.69. The molecule has 3 N–H and O–H groups in total. The number of hydrogen-bond acceptors (Lipinski definition) is 4. The zero-order valence-electron chi connectivity index (χ0n) is 14.6. The molecule has 2 aliphatic heterocycles. The molecule has 2 aromatic carbocycles. The highest BCUT2D eigenvalue weighted by molar-refractivity contribution is 7.80. The Bertz CT molecular complexity index is 1230. The first kappa shape index (κ1) is 16.9. The van der Waals surface area contributed by atoms with Gasteiger partial charge in [-0.25, -0.2) is 9.37 Å². The molecule has 0 aliphatic carbocycles. The molecule has 5 rings (SSSR count). The van der Waals surface area contributed by atoms with Crippen molar-refractivity contribution in [3.8, 4) is 11.3 Å². The van der Waals surface area contributed by atoms with E-state index in [-0.39, 0.29) is 15.7 Å². The van der Waals surface area contributed by atoms with Crippen molar-refractivity contribution < 1.29 is 8.98 Å². The molecule has 0 radical (unpaired) electrons. The summed E-state index contributed by atoms with van der Waals surface area (Å²) in [5.41, 5.74) is 2.78. The highest BCUT2D eigenvalue weighted by Crippen LogP contribution is 2.32. The number of amidine groups is 1. The lowest BCUT2D eigenvalue weighted by atomic mass is 10.1. The largest absolute Gasteiger partial charge is 0.358 e. The molecule has 7 heteroatoms. The second kappa shape index (κ2) is 6.13. The van der Waals surface area contributed by atoms with Gasteiger partial charge in [-0.2, -0.15) is 10.8 Å². The van der Waals surface area contributed by atoms with Gasteiger partial charge in [0.2, 0.25) is 5.70 Å². The van der Waals surface area contributed by atoms with Crippen LogP contribution in [0.1, 0.15) is 5.56 Å². The number of aliphatic imine (C=N–C) groups is 1. The number of hydrogen-bond donors (Lipinski definition) is 2. The van der Waals surface area contributed by atoms with Crippen LogP contribution in [0.25, 0.3) is 22.2 Å². The van der Waals surface area contributed by atoms with Crippen molar-refractivity contribution in [1.82, 2.24) is 10.3 Å². The summed E-state index contributed by atoms with van der Waals surface area (Å²) in [5, 5.41) is 3.65. The average molecular weight is 388 g/mol. The normalized spacial score (nSPS) is 20.6. The molecule has 28 heavy (non-hydrogen) atoms. The number of nitrogens with one attached hydrogen (secondary N) is 1. The molecule has 1 atom stereocenters. The summed E-state index contributed by atoms with van der Waals surface area (Å²) in [5.74, 6) is 6.37. The number of aromatic nitrogens is 1. The summed E-state index contributed by atoms with van der Waals surface area (Å²) >= 11 is 5.33.